The fourth-order valence-corrected chi connectivity index (χ4v) is 2.87. The third kappa shape index (κ3) is 4.36. The van der Waals surface area contributed by atoms with E-state index in [1.165, 1.54) is 0 Å². The minimum atomic E-state index is -0.849. The van der Waals surface area contributed by atoms with Crippen molar-refractivity contribution in [1.29, 1.82) is 0 Å². The number of Topliss-reactive ketones (excluding diaryl/α,β-unsaturated/α-hetero) is 1. The van der Waals surface area contributed by atoms with E-state index >= 15 is 0 Å². The van der Waals surface area contributed by atoms with Crippen molar-refractivity contribution in [3.05, 3.63) is 60.2 Å². The molecule has 0 aromatic heterocycles. The van der Waals surface area contributed by atoms with E-state index in [2.05, 4.69) is 0 Å². The lowest BCUT2D eigenvalue weighted by molar-refractivity contribution is -0.160. The number of hydrogen-bond donors (Lipinski definition) is 0. The highest BCUT2D eigenvalue weighted by Gasteiger charge is 2.34. The topological polar surface area (TPSA) is 69.7 Å². The van der Waals surface area contributed by atoms with Crippen LogP contribution in [0.3, 0.4) is 0 Å². The highest BCUT2D eigenvalue weighted by Crippen LogP contribution is 2.21. The molecule has 1 heterocycles. The number of carbonyl (C=O) groups is 3. The van der Waals surface area contributed by atoms with E-state index in [0.29, 0.717) is 12.0 Å². The summed E-state index contributed by atoms with van der Waals surface area (Å²) in [6, 6.07) is 17.2. The Morgan fingerprint density at radius 2 is 1.65 bits per heavy atom. The minimum Gasteiger partial charge on any atom is -0.460 e. The number of esters is 2. The van der Waals surface area contributed by atoms with Crippen molar-refractivity contribution in [2.75, 3.05) is 0 Å². The molecule has 1 aliphatic rings. The molecule has 1 aliphatic heterocycles. The van der Waals surface area contributed by atoms with Crippen LogP contribution in [0.1, 0.15) is 36.5 Å². The third-order valence-corrected chi connectivity index (χ3v) is 4.27. The third-order valence-electron chi connectivity index (χ3n) is 4.27. The lowest BCUT2D eigenvalue weighted by atomic mass is 10.0. The average Bonchev–Trinajstić information content (AvgIpc) is 2.97. The Morgan fingerprint density at radius 1 is 1.00 bits per heavy atom. The van der Waals surface area contributed by atoms with Crippen LogP contribution in [0.5, 0.6) is 0 Å². The molecule has 0 radical (unpaired) electrons. The zero-order valence-electron chi connectivity index (χ0n) is 14.5. The summed E-state index contributed by atoms with van der Waals surface area (Å²) in [5, 5.41) is 0. The Morgan fingerprint density at radius 3 is 2.27 bits per heavy atom. The summed E-state index contributed by atoms with van der Waals surface area (Å²) in [6.07, 6.45) is -0.750. The molecule has 2 aromatic rings. The number of rotatable bonds is 6. The van der Waals surface area contributed by atoms with Gasteiger partial charge in [-0.2, -0.15) is 0 Å². The second-order valence-corrected chi connectivity index (χ2v) is 6.33. The first kappa shape index (κ1) is 17.9. The quantitative estimate of drug-likeness (QED) is 0.587. The standard InChI is InChI=1S/C21H20O5/c1-14-13-19(21(24)25-14)26-20(23)12-11-18(22)17-9-7-16(8-10-17)15-5-3-2-4-6-15/h2-10,14,19H,11-13H2,1H3. The Labute approximate surface area is 151 Å². The molecule has 1 saturated heterocycles. The molecular weight excluding hydrogens is 332 g/mol. The first-order valence-electron chi connectivity index (χ1n) is 8.61. The van der Waals surface area contributed by atoms with E-state index in [4.69, 9.17) is 9.47 Å². The van der Waals surface area contributed by atoms with Gasteiger partial charge >= 0.3 is 11.9 Å². The summed E-state index contributed by atoms with van der Waals surface area (Å²) in [5.74, 6) is -1.21. The maximum Gasteiger partial charge on any atom is 0.347 e. The Kier molecular flexibility index (Phi) is 5.46. The molecule has 0 amide bonds. The molecule has 0 saturated carbocycles. The Balaban J connectivity index is 1.52. The first-order valence-corrected chi connectivity index (χ1v) is 8.61. The predicted molar refractivity (Wildman–Crippen MR) is 95.5 cm³/mol. The lowest BCUT2D eigenvalue weighted by Gasteiger charge is -2.08. The molecule has 2 unspecified atom stereocenters. The number of benzene rings is 2. The van der Waals surface area contributed by atoms with Gasteiger partial charge in [0.2, 0.25) is 6.10 Å². The minimum absolute atomic E-state index is 0.0425. The molecule has 0 N–H and O–H groups in total. The van der Waals surface area contributed by atoms with E-state index in [1.807, 2.05) is 42.5 Å². The first-order chi connectivity index (χ1) is 12.5. The van der Waals surface area contributed by atoms with E-state index in [9.17, 15) is 14.4 Å². The summed E-state index contributed by atoms with van der Waals surface area (Å²) in [7, 11) is 0. The zero-order valence-corrected chi connectivity index (χ0v) is 14.5. The second kappa shape index (κ2) is 7.95. The second-order valence-electron chi connectivity index (χ2n) is 6.33. The van der Waals surface area contributed by atoms with Crippen LogP contribution in [0, 0.1) is 0 Å². The van der Waals surface area contributed by atoms with Crippen molar-refractivity contribution < 1.29 is 23.9 Å². The molecule has 134 valence electrons. The number of hydrogen-bond acceptors (Lipinski definition) is 5. The number of ketones is 1. The summed E-state index contributed by atoms with van der Waals surface area (Å²) < 4.78 is 10.0. The van der Waals surface area contributed by atoms with Gasteiger partial charge < -0.3 is 9.47 Å². The smallest absolute Gasteiger partial charge is 0.347 e. The maximum atomic E-state index is 12.3. The molecule has 5 nitrogen and oxygen atoms in total. The molecular formula is C21H20O5. The fraction of sp³-hybridized carbons (Fsp3) is 0.286. The van der Waals surface area contributed by atoms with Crippen molar-refractivity contribution in [2.24, 2.45) is 0 Å². The number of ether oxygens (including phenoxy) is 2. The van der Waals surface area contributed by atoms with Crippen LogP contribution in [-0.2, 0) is 19.1 Å². The maximum absolute atomic E-state index is 12.3. The number of cyclic esters (lactones) is 1. The van der Waals surface area contributed by atoms with Crippen molar-refractivity contribution in [2.45, 2.75) is 38.4 Å². The monoisotopic (exact) mass is 352 g/mol. The van der Waals surface area contributed by atoms with Crippen molar-refractivity contribution in [1.82, 2.24) is 0 Å². The molecule has 2 atom stereocenters. The van der Waals surface area contributed by atoms with Crippen molar-refractivity contribution >= 4 is 17.7 Å². The van der Waals surface area contributed by atoms with Crippen LogP contribution < -0.4 is 0 Å². The normalized spacial score (nSPS) is 19.0. The number of carbonyl (C=O) groups excluding carboxylic acids is 3. The van der Waals surface area contributed by atoms with Crippen LogP contribution in [0.4, 0.5) is 0 Å². The van der Waals surface area contributed by atoms with Gasteiger partial charge in [-0.3, -0.25) is 9.59 Å². The lowest BCUT2D eigenvalue weighted by Crippen LogP contribution is -2.23. The summed E-state index contributed by atoms with van der Waals surface area (Å²) in [4.78, 5) is 35.6. The molecule has 0 aliphatic carbocycles. The van der Waals surface area contributed by atoms with Crippen molar-refractivity contribution in [3.8, 4) is 11.1 Å². The molecule has 3 rings (SSSR count). The van der Waals surface area contributed by atoms with Gasteiger partial charge in [-0.05, 0) is 18.1 Å². The van der Waals surface area contributed by atoms with Gasteiger partial charge in [0.1, 0.15) is 6.10 Å². The van der Waals surface area contributed by atoms with Gasteiger partial charge in [0.05, 0.1) is 6.42 Å². The molecule has 26 heavy (non-hydrogen) atoms. The molecule has 1 fully saturated rings. The largest absolute Gasteiger partial charge is 0.460 e. The van der Waals surface area contributed by atoms with Crippen LogP contribution in [0.2, 0.25) is 0 Å². The zero-order chi connectivity index (χ0) is 18.5. The van der Waals surface area contributed by atoms with Crippen LogP contribution >= 0.6 is 0 Å². The van der Waals surface area contributed by atoms with E-state index < -0.39 is 18.0 Å². The summed E-state index contributed by atoms with van der Waals surface area (Å²) in [5.41, 5.74) is 2.65. The predicted octanol–water partition coefficient (Wildman–Crippen LogP) is 3.56. The van der Waals surface area contributed by atoms with Gasteiger partial charge in [0.15, 0.2) is 5.78 Å². The van der Waals surface area contributed by atoms with Gasteiger partial charge in [0.25, 0.3) is 0 Å². The van der Waals surface area contributed by atoms with Crippen LogP contribution in [0.25, 0.3) is 11.1 Å². The molecule has 5 heteroatoms. The summed E-state index contributed by atoms with van der Waals surface area (Å²) >= 11 is 0. The van der Waals surface area contributed by atoms with Gasteiger partial charge in [-0.15, -0.1) is 0 Å². The molecule has 0 spiro atoms. The summed E-state index contributed by atoms with van der Waals surface area (Å²) in [6.45, 7) is 1.74. The molecule has 2 aromatic carbocycles. The van der Waals surface area contributed by atoms with E-state index in [-0.39, 0.29) is 24.7 Å². The Hall–Kier alpha value is -2.95. The van der Waals surface area contributed by atoms with Crippen molar-refractivity contribution in [3.63, 3.8) is 0 Å². The van der Waals surface area contributed by atoms with Crippen LogP contribution in [-0.4, -0.2) is 29.9 Å². The average molecular weight is 352 g/mol. The fourth-order valence-electron chi connectivity index (χ4n) is 2.87. The molecule has 0 bridgehead atoms. The van der Waals surface area contributed by atoms with E-state index in [1.54, 1.807) is 19.1 Å². The Bertz CT molecular complexity index is 795. The van der Waals surface area contributed by atoms with Gasteiger partial charge in [-0.1, -0.05) is 54.6 Å². The van der Waals surface area contributed by atoms with E-state index in [0.717, 1.165) is 11.1 Å². The highest BCUT2D eigenvalue weighted by molar-refractivity contribution is 5.98. The highest BCUT2D eigenvalue weighted by atomic mass is 16.6. The SMILES string of the molecule is CC1CC(OC(=O)CCC(=O)c2ccc(-c3ccccc3)cc2)C(=O)O1. The van der Waals surface area contributed by atoms with Crippen LogP contribution in [0.15, 0.2) is 54.6 Å². The van der Waals surface area contributed by atoms with Gasteiger partial charge in [-0.25, -0.2) is 4.79 Å². The van der Waals surface area contributed by atoms with Gasteiger partial charge in [0, 0.05) is 18.4 Å².